The average Bonchev–Trinajstić information content (AvgIpc) is 2.40. The molecule has 3 N–H and O–H groups in total. The number of nitrogens with zero attached hydrogens (tertiary/aromatic N) is 1. The Morgan fingerprint density at radius 1 is 1.33 bits per heavy atom. The number of aliphatic imine (C=N–C) groups is 1. The summed E-state index contributed by atoms with van der Waals surface area (Å²) < 4.78 is 1.02. The van der Waals surface area contributed by atoms with Gasteiger partial charge < -0.3 is 10.8 Å². The number of anilines is 1. The van der Waals surface area contributed by atoms with E-state index in [1.807, 2.05) is 24.4 Å². The number of hydrogen-bond acceptors (Lipinski definition) is 3. The van der Waals surface area contributed by atoms with Crippen LogP contribution in [0.1, 0.15) is 31.2 Å². The van der Waals surface area contributed by atoms with Crippen LogP contribution in [-0.4, -0.2) is 24.0 Å². The highest BCUT2D eigenvalue weighted by Crippen LogP contribution is 2.26. The summed E-state index contributed by atoms with van der Waals surface area (Å²) in [6, 6.07) is 6.18. The minimum Gasteiger partial charge on any atom is -0.398 e. The van der Waals surface area contributed by atoms with Crippen molar-refractivity contribution in [3.8, 4) is 0 Å². The molecule has 0 bridgehead atoms. The van der Waals surface area contributed by atoms with Gasteiger partial charge in [0.2, 0.25) is 0 Å². The van der Waals surface area contributed by atoms with Gasteiger partial charge in [0.25, 0.3) is 0 Å². The predicted octanol–water partition coefficient (Wildman–Crippen LogP) is 3.00. The van der Waals surface area contributed by atoms with Crippen LogP contribution in [0.3, 0.4) is 0 Å². The second-order valence-electron chi connectivity index (χ2n) is 4.91. The van der Waals surface area contributed by atoms with E-state index in [1.54, 1.807) is 0 Å². The zero-order valence-electron chi connectivity index (χ0n) is 10.3. The van der Waals surface area contributed by atoms with E-state index >= 15 is 0 Å². The maximum atomic E-state index is 9.09. The molecule has 0 unspecified atom stereocenters. The number of nitrogens with two attached hydrogens (primary N) is 1. The SMILES string of the molecule is Nc1ccc(Br)cc1C=NC1CCC(CO)CC1. The van der Waals surface area contributed by atoms with E-state index < -0.39 is 0 Å². The zero-order valence-corrected chi connectivity index (χ0v) is 11.9. The average molecular weight is 311 g/mol. The molecule has 98 valence electrons. The van der Waals surface area contributed by atoms with Gasteiger partial charge in [0, 0.05) is 34.6 Å². The van der Waals surface area contributed by atoms with Gasteiger partial charge in [0.15, 0.2) is 0 Å². The van der Waals surface area contributed by atoms with Crippen molar-refractivity contribution in [2.45, 2.75) is 31.7 Å². The molecule has 1 fully saturated rings. The number of halogens is 1. The molecular weight excluding hydrogens is 292 g/mol. The first kappa shape index (κ1) is 13.6. The van der Waals surface area contributed by atoms with E-state index in [1.165, 1.54) is 0 Å². The summed E-state index contributed by atoms with van der Waals surface area (Å²) in [5.74, 6) is 0.479. The van der Waals surface area contributed by atoms with Crippen LogP contribution in [0, 0.1) is 5.92 Å². The minimum absolute atomic E-state index is 0.314. The van der Waals surface area contributed by atoms with Crippen molar-refractivity contribution in [1.29, 1.82) is 0 Å². The molecule has 1 aromatic carbocycles. The lowest BCUT2D eigenvalue weighted by Crippen LogP contribution is -2.19. The third kappa shape index (κ3) is 3.56. The van der Waals surface area contributed by atoms with Gasteiger partial charge in [-0.3, -0.25) is 4.99 Å². The van der Waals surface area contributed by atoms with Crippen LogP contribution in [0.25, 0.3) is 0 Å². The zero-order chi connectivity index (χ0) is 13.0. The highest BCUT2D eigenvalue weighted by Gasteiger charge is 2.19. The molecule has 0 aromatic heterocycles. The molecule has 1 aliphatic carbocycles. The van der Waals surface area contributed by atoms with E-state index in [2.05, 4.69) is 20.9 Å². The van der Waals surface area contributed by atoms with E-state index in [-0.39, 0.29) is 0 Å². The topological polar surface area (TPSA) is 58.6 Å². The lowest BCUT2D eigenvalue weighted by molar-refractivity contribution is 0.183. The highest BCUT2D eigenvalue weighted by molar-refractivity contribution is 9.10. The van der Waals surface area contributed by atoms with Crippen molar-refractivity contribution in [2.24, 2.45) is 10.9 Å². The molecule has 18 heavy (non-hydrogen) atoms. The molecule has 4 heteroatoms. The van der Waals surface area contributed by atoms with Crippen molar-refractivity contribution in [3.05, 3.63) is 28.2 Å². The lowest BCUT2D eigenvalue weighted by atomic mass is 9.87. The molecule has 1 aliphatic rings. The first-order chi connectivity index (χ1) is 8.69. The maximum absolute atomic E-state index is 9.09. The largest absolute Gasteiger partial charge is 0.398 e. The van der Waals surface area contributed by atoms with Gasteiger partial charge in [-0.25, -0.2) is 0 Å². The van der Waals surface area contributed by atoms with Crippen LogP contribution >= 0.6 is 15.9 Å². The van der Waals surface area contributed by atoms with Crippen LogP contribution in [0.5, 0.6) is 0 Å². The monoisotopic (exact) mass is 310 g/mol. The van der Waals surface area contributed by atoms with Crippen LogP contribution in [-0.2, 0) is 0 Å². The molecule has 1 aromatic rings. The van der Waals surface area contributed by atoms with E-state index in [0.717, 1.165) is 41.4 Å². The summed E-state index contributed by atoms with van der Waals surface area (Å²) in [6.07, 6.45) is 6.16. The number of hydrogen-bond donors (Lipinski definition) is 2. The first-order valence-corrected chi connectivity index (χ1v) is 7.17. The molecule has 3 nitrogen and oxygen atoms in total. The second kappa shape index (κ2) is 6.34. The Labute approximate surface area is 116 Å². The number of benzene rings is 1. The Morgan fingerprint density at radius 3 is 2.72 bits per heavy atom. The van der Waals surface area contributed by atoms with Gasteiger partial charge in [-0.05, 0) is 49.8 Å². The molecule has 0 aliphatic heterocycles. The molecule has 0 radical (unpaired) electrons. The van der Waals surface area contributed by atoms with Crippen molar-refractivity contribution in [3.63, 3.8) is 0 Å². The molecule has 0 amide bonds. The standard InChI is InChI=1S/C14H19BrN2O/c15-12-3-6-14(16)11(7-12)8-17-13-4-1-10(9-18)2-5-13/h3,6-8,10,13,18H,1-2,4-5,9,16H2. The Balaban J connectivity index is 1.97. The smallest absolute Gasteiger partial charge is 0.0500 e. The van der Waals surface area contributed by atoms with Crippen LogP contribution in [0.15, 0.2) is 27.7 Å². The number of aliphatic hydroxyl groups excluding tert-OH is 1. The molecule has 0 atom stereocenters. The Hall–Kier alpha value is -0.870. The van der Waals surface area contributed by atoms with Crippen molar-refractivity contribution >= 4 is 27.8 Å². The second-order valence-corrected chi connectivity index (χ2v) is 5.82. The summed E-state index contributed by atoms with van der Waals surface area (Å²) in [5.41, 5.74) is 7.63. The Morgan fingerprint density at radius 2 is 2.06 bits per heavy atom. The van der Waals surface area contributed by atoms with Crippen molar-refractivity contribution in [2.75, 3.05) is 12.3 Å². The number of nitrogen functional groups attached to an aromatic ring is 1. The summed E-state index contributed by atoms with van der Waals surface area (Å²) in [5, 5.41) is 9.09. The normalized spacial score (nSPS) is 24.6. The number of aliphatic hydroxyl groups is 1. The fourth-order valence-electron chi connectivity index (χ4n) is 2.32. The predicted molar refractivity (Wildman–Crippen MR) is 79.0 cm³/mol. The van der Waals surface area contributed by atoms with Crippen molar-refractivity contribution in [1.82, 2.24) is 0 Å². The third-order valence-electron chi connectivity index (χ3n) is 3.55. The minimum atomic E-state index is 0.314. The Bertz CT molecular complexity index is 426. The van der Waals surface area contributed by atoms with Crippen molar-refractivity contribution < 1.29 is 5.11 Å². The number of rotatable bonds is 3. The fraction of sp³-hybridized carbons (Fsp3) is 0.500. The van der Waals surface area contributed by atoms with Gasteiger partial charge in [-0.1, -0.05) is 15.9 Å². The molecule has 2 rings (SSSR count). The van der Waals surface area contributed by atoms with Gasteiger partial charge in [-0.2, -0.15) is 0 Å². The summed E-state index contributed by atoms with van der Waals surface area (Å²) >= 11 is 3.43. The quantitative estimate of drug-likeness (QED) is 0.666. The molecular formula is C14H19BrN2O. The van der Waals surface area contributed by atoms with Crippen LogP contribution in [0.2, 0.25) is 0 Å². The van der Waals surface area contributed by atoms with Crippen LogP contribution < -0.4 is 5.73 Å². The Kier molecular flexibility index (Phi) is 4.78. The highest BCUT2D eigenvalue weighted by atomic mass is 79.9. The summed E-state index contributed by atoms with van der Waals surface area (Å²) in [4.78, 5) is 4.62. The van der Waals surface area contributed by atoms with E-state index in [4.69, 9.17) is 10.8 Å². The van der Waals surface area contributed by atoms with E-state index in [0.29, 0.717) is 18.6 Å². The van der Waals surface area contributed by atoms with Gasteiger partial charge in [0.1, 0.15) is 0 Å². The van der Waals surface area contributed by atoms with Gasteiger partial charge in [-0.15, -0.1) is 0 Å². The van der Waals surface area contributed by atoms with Crippen LogP contribution in [0.4, 0.5) is 5.69 Å². The summed E-state index contributed by atoms with van der Waals surface area (Å²) in [7, 11) is 0. The molecule has 0 heterocycles. The maximum Gasteiger partial charge on any atom is 0.0500 e. The summed E-state index contributed by atoms with van der Waals surface area (Å²) in [6.45, 7) is 0.314. The first-order valence-electron chi connectivity index (χ1n) is 6.38. The molecule has 0 spiro atoms. The third-order valence-corrected chi connectivity index (χ3v) is 4.04. The molecule has 0 saturated heterocycles. The fourth-order valence-corrected chi connectivity index (χ4v) is 2.70. The van der Waals surface area contributed by atoms with Gasteiger partial charge >= 0.3 is 0 Å². The van der Waals surface area contributed by atoms with Gasteiger partial charge in [0.05, 0.1) is 0 Å². The lowest BCUT2D eigenvalue weighted by Gasteiger charge is -2.24. The molecule has 1 saturated carbocycles. The van der Waals surface area contributed by atoms with E-state index in [9.17, 15) is 0 Å².